The maximum Gasteiger partial charge on any atom is 0.260 e. The fourth-order valence-electron chi connectivity index (χ4n) is 3.98. The maximum absolute atomic E-state index is 13.1. The van der Waals surface area contributed by atoms with E-state index >= 15 is 0 Å². The Morgan fingerprint density at radius 1 is 1.10 bits per heavy atom. The normalized spacial score (nSPS) is 13.7. The molecular weight excluding hydrogens is 479 g/mol. The number of fused-ring (bicyclic) bond motifs is 3. The monoisotopic (exact) mass is 498 g/mol. The van der Waals surface area contributed by atoms with E-state index in [1.54, 1.807) is 23.5 Å². The van der Waals surface area contributed by atoms with Crippen LogP contribution < -0.4 is 10.3 Å². The molecule has 1 N–H and O–H groups in total. The minimum absolute atomic E-state index is 0.0628. The fraction of sp³-hybridized carbons (Fsp3) is 0.250. The van der Waals surface area contributed by atoms with Crippen LogP contribution in [-0.2, 0) is 19.4 Å². The molecule has 0 bridgehead atoms. The van der Waals surface area contributed by atoms with Gasteiger partial charge >= 0.3 is 0 Å². The van der Waals surface area contributed by atoms with Crippen LogP contribution in [0, 0.1) is 5.82 Å². The molecule has 158 valence electrons. The molecular formula is C24H20BrFN2O2S. The molecule has 2 aromatic carbocycles. The average molecular weight is 499 g/mol. The Bertz CT molecular complexity index is 1310. The molecule has 2 aromatic heterocycles. The molecule has 0 spiro atoms. The summed E-state index contributed by atoms with van der Waals surface area (Å²) in [5.74, 6) is 0.953. The van der Waals surface area contributed by atoms with Crippen LogP contribution in [0.15, 0.2) is 51.7 Å². The van der Waals surface area contributed by atoms with Gasteiger partial charge in [-0.1, -0.05) is 18.6 Å². The van der Waals surface area contributed by atoms with Gasteiger partial charge in [-0.2, -0.15) is 0 Å². The number of thiophene rings is 1. The zero-order valence-corrected chi connectivity index (χ0v) is 19.1. The van der Waals surface area contributed by atoms with Crippen molar-refractivity contribution < 1.29 is 9.13 Å². The summed E-state index contributed by atoms with van der Waals surface area (Å²) in [4.78, 5) is 22.8. The third-order valence-corrected chi connectivity index (χ3v) is 7.39. The highest BCUT2D eigenvalue weighted by atomic mass is 79.9. The molecule has 0 radical (unpaired) electrons. The highest BCUT2D eigenvalue weighted by molar-refractivity contribution is 9.10. The van der Waals surface area contributed by atoms with Crippen LogP contribution in [0.2, 0.25) is 0 Å². The Hall–Kier alpha value is -2.51. The summed E-state index contributed by atoms with van der Waals surface area (Å²) in [6, 6.07) is 11.8. The average Bonchev–Trinajstić information content (AvgIpc) is 2.96. The summed E-state index contributed by atoms with van der Waals surface area (Å²) in [5, 5.41) is 0.768. The third-order valence-electron chi connectivity index (χ3n) is 5.59. The molecule has 0 saturated carbocycles. The summed E-state index contributed by atoms with van der Waals surface area (Å²) in [7, 11) is 0. The Kier molecular flexibility index (Phi) is 5.63. The summed E-state index contributed by atoms with van der Waals surface area (Å²) in [6.07, 6.45) is 5.53. The zero-order valence-electron chi connectivity index (χ0n) is 16.7. The summed E-state index contributed by atoms with van der Waals surface area (Å²) < 4.78 is 19.7. The standard InChI is InChI=1S/C24H20BrFN2O2S/c25-18-12-15(8-11-19(18)30-13-14-6-9-16(26)10-7-14)22-27-23(29)21-17-4-2-1-3-5-20(17)31-24(21)28-22/h6-12H,1-5,13H2,(H,27,28,29). The van der Waals surface area contributed by atoms with Gasteiger partial charge in [0, 0.05) is 10.4 Å². The minimum atomic E-state index is -0.269. The van der Waals surface area contributed by atoms with E-state index in [-0.39, 0.29) is 11.4 Å². The molecule has 2 heterocycles. The first-order valence-electron chi connectivity index (χ1n) is 10.3. The van der Waals surface area contributed by atoms with Gasteiger partial charge in [0.15, 0.2) is 0 Å². The summed E-state index contributed by atoms with van der Waals surface area (Å²) in [5.41, 5.74) is 2.82. The lowest BCUT2D eigenvalue weighted by molar-refractivity contribution is 0.304. The number of hydrogen-bond acceptors (Lipinski definition) is 4. The van der Waals surface area contributed by atoms with Gasteiger partial charge in [-0.05, 0) is 83.1 Å². The Morgan fingerprint density at radius 3 is 2.71 bits per heavy atom. The van der Waals surface area contributed by atoms with E-state index in [0.29, 0.717) is 18.2 Å². The predicted octanol–water partition coefficient (Wildman–Crippen LogP) is 6.40. The van der Waals surface area contributed by atoms with Gasteiger partial charge in [0.05, 0.1) is 9.86 Å². The lowest BCUT2D eigenvalue weighted by atomic mass is 10.1. The zero-order chi connectivity index (χ0) is 21.4. The first-order valence-corrected chi connectivity index (χ1v) is 11.9. The summed E-state index contributed by atoms with van der Waals surface area (Å²) >= 11 is 5.21. The molecule has 0 atom stereocenters. The molecule has 4 aromatic rings. The number of aromatic amines is 1. The molecule has 4 nitrogen and oxygen atoms in total. The second kappa shape index (κ2) is 8.55. The first-order chi connectivity index (χ1) is 15.1. The quantitative estimate of drug-likeness (QED) is 0.331. The second-order valence-corrected chi connectivity index (χ2v) is 9.66. The van der Waals surface area contributed by atoms with Crippen molar-refractivity contribution in [2.24, 2.45) is 0 Å². The topological polar surface area (TPSA) is 55.0 Å². The van der Waals surface area contributed by atoms with Gasteiger partial charge in [-0.25, -0.2) is 9.37 Å². The van der Waals surface area contributed by atoms with Gasteiger partial charge in [0.2, 0.25) is 0 Å². The second-order valence-electron chi connectivity index (χ2n) is 7.72. The molecule has 7 heteroatoms. The molecule has 5 rings (SSSR count). The number of nitrogens with one attached hydrogen (secondary N) is 1. The van der Waals surface area contributed by atoms with Crippen molar-refractivity contribution in [3.05, 3.63) is 79.1 Å². The van der Waals surface area contributed by atoms with Crippen LogP contribution >= 0.6 is 27.3 Å². The largest absolute Gasteiger partial charge is 0.488 e. The fourth-order valence-corrected chi connectivity index (χ4v) is 5.74. The van der Waals surface area contributed by atoms with Crippen LogP contribution in [0.4, 0.5) is 4.39 Å². The van der Waals surface area contributed by atoms with Crippen molar-refractivity contribution in [2.75, 3.05) is 0 Å². The minimum Gasteiger partial charge on any atom is -0.488 e. The van der Waals surface area contributed by atoms with Crippen molar-refractivity contribution in [3.63, 3.8) is 0 Å². The highest BCUT2D eigenvalue weighted by Crippen LogP contribution is 2.35. The van der Waals surface area contributed by atoms with Crippen LogP contribution in [0.25, 0.3) is 21.6 Å². The number of aryl methyl sites for hydroxylation is 2. The van der Waals surface area contributed by atoms with Crippen molar-refractivity contribution >= 4 is 37.5 Å². The van der Waals surface area contributed by atoms with E-state index in [1.807, 2.05) is 18.2 Å². The first kappa shape index (κ1) is 20.4. The van der Waals surface area contributed by atoms with E-state index in [0.717, 1.165) is 45.1 Å². The molecule has 0 aliphatic heterocycles. The molecule has 1 aliphatic carbocycles. The lowest BCUT2D eigenvalue weighted by Gasteiger charge is -2.10. The number of rotatable bonds is 4. The van der Waals surface area contributed by atoms with Crippen molar-refractivity contribution in [3.8, 4) is 17.1 Å². The van der Waals surface area contributed by atoms with Gasteiger partial charge in [-0.15, -0.1) is 11.3 Å². The molecule has 0 fully saturated rings. The van der Waals surface area contributed by atoms with Crippen LogP contribution in [-0.4, -0.2) is 9.97 Å². The lowest BCUT2D eigenvalue weighted by Crippen LogP contribution is -2.10. The number of halogens is 2. The predicted molar refractivity (Wildman–Crippen MR) is 125 cm³/mol. The number of benzene rings is 2. The number of hydrogen-bond donors (Lipinski definition) is 1. The van der Waals surface area contributed by atoms with Crippen LogP contribution in [0.3, 0.4) is 0 Å². The van der Waals surface area contributed by atoms with Gasteiger partial charge in [0.25, 0.3) is 5.56 Å². The van der Waals surface area contributed by atoms with E-state index in [2.05, 4.69) is 20.9 Å². The molecule has 1 aliphatic rings. The number of ether oxygens (including phenoxy) is 1. The number of aromatic nitrogens is 2. The molecule has 0 saturated heterocycles. The number of H-pyrrole nitrogens is 1. The van der Waals surface area contributed by atoms with Crippen molar-refractivity contribution in [1.82, 2.24) is 9.97 Å². The van der Waals surface area contributed by atoms with Crippen LogP contribution in [0.1, 0.15) is 35.3 Å². The Labute approximate surface area is 191 Å². The van der Waals surface area contributed by atoms with Crippen molar-refractivity contribution in [1.29, 1.82) is 0 Å². The highest BCUT2D eigenvalue weighted by Gasteiger charge is 2.19. The smallest absolute Gasteiger partial charge is 0.260 e. The van der Waals surface area contributed by atoms with Crippen molar-refractivity contribution in [2.45, 2.75) is 38.7 Å². The van der Waals surface area contributed by atoms with Gasteiger partial charge in [-0.3, -0.25) is 4.79 Å². The molecule has 0 unspecified atom stereocenters. The molecule has 31 heavy (non-hydrogen) atoms. The van der Waals surface area contributed by atoms with Gasteiger partial charge in [0.1, 0.15) is 28.8 Å². The van der Waals surface area contributed by atoms with Gasteiger partial charge < -0.3 is 9.72 Å². The Morgan fingerprint density at radius 2 is 1.90 bits per heavy atom. The third kappa shape index (κ3) is 4.16. The SMILES string of the molecule is O=c1[nH]c(-c2ccc(OCc3ccc(F)cc3)c(Br)c2)nc2sc3c(c12)CCCCC3. The summed E-state index contributed by atoms with van der Waals surface area (Å²) in [6.45, 7) is 0.333. The molecule has 0 amide bonds. The maximum atomic E-state index is 13.1. The van der Waals surface area contributed by atoms with E-state index in [9.17, 15) is 9.18 Å². The van der Waals surface area contributed by atoms with E-state index < -0.39 is 0 Å². The van der Waals surface area contributed by atoms with E-state index in [4.69, 9.17) is 9.72 Å². The number of nitrogens with zero attached hydrogens (tertiary/aromatic N) is 1. The Balaban J connectivity index is 1.43. The van der Waals surface area contributed by atoms with E-state index in [1.165, 1.54) is 35.4 Å². The van der Waals surface area contributed by atoms with Crippen LogP contribution in [0.5, 0.6) is 5.75 Å².